The van der Waals surface area contributed by atoms with Crippen molar-refractivity contribution in [1.29, 1.82) is 0 Å². The molecule has 0 unspecified atom stereocenters. The van der Waals surface area contributed by atoms with Crippen LogP contribution in [-0.2, 0) is 6.42 Å². The van der Waals surface area contributed by atoms with E-state index in [-0.39, 0.29) is 16.9 Å². The molecule has 3 saturated carbocycles. The number of phenolic OH excluding ortho intramolecular Hbond substituents is 1. The Morgan fingerprint density at radius 2 is 1.92 bits per heavy atom. The maximum absolute atomic E-state index is 11.4. The Morgan fingerprint density at radius 3 is 2.75 bits per heavy atom. The van der Waals surface area contributed by atoms with Gasteiger partial charge in [-0.2, -0.15) is 0 Å². The highest BCUT2D eigenvalue weighted by Crippen LogP contribution is 2.75. The predicted octanol–water partition coefficient (Wildman–Crippen LogP) is 3.50. The van der Waals surface area contributed by atoms with Crippen LogP contribution in [0.2, 0.25) is 0 Å². The van der Waals surface area contributed by atoms with E-state index in [0.29, 0.717) is 24.0 Å². The molecule has 3 heteroatoms. The second kappa shape index (κ2) is 4.56. The first-order valence-corrected chi connectivity index (χ1v) is 9.61. The van der Waals surface area contributed by atoms with Gasteiger partial charge < -0.3 is 15.3 Å². The second-order valence-electron chi connectivity index (χ2n) is 9.26. The molecule has 0 aliphatic heterocycles. The molecule has 6 atom stereocenters. The molecule has 4 aliphatic carbocycles. The van der Waals surface area contributed by atoms with Crippen LogP contribution >= 0.6 is 0 Å². The largest absolute Gasteiger partial charge is 0.508 e. The van der Waals surface area contributed by atoms with E-state index in [1.165, 1.54) is 11.1 Å². The number of fused-ring (bicyclic) bond motifs is 3. The van der Waals surface area contributed by atoms with Crippen LogP contribution < -0.4 is 0 Å². The van der Waals surface area contributed by atoms with Gasteiger partial charge >= 0.3 is 0 Å². The number of aliphatic hydroxyl groups excluding tert-OH is 1. The summed E-state index contributed by atoms with van der Waals surface area (Å²) in [7, 11) is 0. The normalized spacial score (nSPS) is 49.2. The standard InChI is InChI=1S/C21H28O3/c1-19-7-6-17-16-4-3-14(22)10-13(16)2-5-18(17)20(19)8-9-21(19,24)12-15(23)11-20/h3-4,10,15,17-18,22-24H,2,5-9,11-12H2,1H3/t15-,17-,18-,19+,20+,21+/m1/s1. The number of rotatable bonds is 0. The van der Waals surface area contributed by atoms with E-state index >= 15 is 0 Å². The Morgan fingerprint density at radius 1 is 1.08 bits per heavy atom. The molecule has 5 rings (SSSR count). The summed E-state index contributed by atoms with van der Waals surface area (Å²) in [4.78, 5) is 0. The van der Waals surface area contributed by atoms with Crippen molar-refractivity contribution in [3.63, 3.8) is 0 Å². The molecule has 130 valence electrons. The molecule has 0 amide bonds. The van der Waals surface area contributed by atoms with E-state index in [0.717, 1.165) is 44.9 Å². The lowest BCUT2D eigenvalue weighted by Gasteiger charge is -2.64. The third-order valence-electron chi connectivity index (χ3n) is 8.69. The number of hydrogen-bond acceptors (Lipinski definition) is 3. The zero-order valence-electron chi connectivity index (χ0n) is 14.5. The lowest BCUT2D eigenvalue weighted by molar-refractivity contribution is -0.204. The second-order valence-corrected chi connectivity index (χ2v) is 9.26. The van der Waals surface area contributed by atoms with Gasteiger partial charge in [0.2, 0.25) is 0 Å². The molecule has 2 bridgehead atoms. The molecule has 1 aromatic rings. The molecule has 1 aromatic carbocycles. The van der Waals surface area contributed by atoms with E-state index in [2.05, 4.69) is 13.0 Å². The van der Waals surface area contributed by atoms with Crippen LogP contribution in [0.25, 0.3) is 0 Å². The maximum atomic E-state index is 11.4. The summed E-state index contributed by atoms with van der Waals surface area (Å²) < 4.78 is 0. The summed E-state index contributed by atoms with van der Waals surface area (Å²) in [5.74, 6) is 1.45. The van der Waals surface area contributed by atoms with Gasteiger partial charge in [-0.25, -0.2) is 0 Å². The van der Waals surface area contributed by atoms with Crippen molar-refractivity contribution < 1.29 is 15.3 Å². The fourth-order valence-corrected chi connectivity index (χ4v) is 7.57. The average Bonchev–Trinajstić information content (AvgIpc) is 2.66. The first-order chi connectivity index (χ1) is 11.4. The summed E-state index contributed by atoms with van der Waals surface area (Å²) in [5.41, 5.74) is 2.08. The van der Waals surface area contributed by atoms with E-state index < -0.39 is 5.60 Å². The van der Waals surface area contributed by atoms with Crippen LogP contribution in [0.1, 0.15) is 68.9 Å². The first kappa shape index (κ1) is 15.2. The van der Waals surface area contributed by atoms with E-state index in [1.54, 1.807) is 0 Å². The molecule has 3 N–H and O–H groups in total. The Kier molecular flexibility index (Phi) is 2.89. The van der Waals surface area contributed by atoms with Gasteiger partial charge in [0.15, 0.2) is 0 Å². The van der Waals surface area contributed by atoms with Crippen LogP contribution in [0.15, 0.2) is 18.2 Å². The Balaban J connectivity index is 1.62. The summed E-state index contributed by atoms with van der Waals surface area (Å²) in [5, 5.41) is 31.7. The summed E-state index contributed by atoms with van der Waals surface area (Å²) in [6, 6.07) is 5.90. The van der Waals surface area contributed by atoms with Crippen LogP contribution in [0.5, 0.6) is 5.75 Å². The number of benzene rings is 1. The molecule has 0 saturated heterocycles. The SMILES string of the molecule is C[C@]12CC[C@@H]3c4ccc(O)cc4CC[C@H]3[C@@]13CC[C@]2(O)C[C@H](O)C3. The van der Waals surface area contributed by atoms with Crippen molar-refractivity contribution in [3.8, 4) is 5.75 Å². The molecular formula is C21H28O3. The van der Waals surface area contributed by atoms with Gasteiger partial charge in [-0.05, 0) is 85.5 Å². The number of aromatic hydroxyl groups is 1. The van der Waals surface area contributed by atoms with Gasteiger partial charge in [0, 0.05) is 11.8 Å². The summed E-state index contributed by atoms with van der Waals surface area (Å²) in [6.45, 7) is 2.31. The maximum Gasteiger partial charge on any atom is 0.115 e. The molecule has 3 fully saturated rings. The number of aryl methyl sites for hydroxylation is 1. The van der Waals surface area contributed by atoms with Crippen LogP contribution in [0, 0.1) is 16.7 Å². The molecule has 24 heavy (non-hydrogen) atoms. The summed E-state index contributed by atoms with van der Waals surface area (Å²) >= 11 is 0. The van der Waals surface area contributed by atoms with Crippen LogP contribution in [-0.4, -0.2) is 27.0 Å². The molecule has 3 nitrogen and oxygen atoms in total. The lowest BCUT2D eigenvalue weighted by atomic mass is 9.42. The highest BCUT2D eigenvalue weighted by atomic mass is 16.3. The quantitative estimate of drug-likeness (QED) is 0.683. The van der Waals surface area contributed by atoms with Gasteiger partial charge in [0.25, 0.3) is 0 Å². The third kappa shape index (κ3) is 1.61. The minimum Gasteiger partial charge on any atom is -0.508 e. The minimum atomic E-state index is -0.676. The zero-order valence-corrected chi connectivity index (χ0v) is 14.5. The smallest absolute Gasteiger partial charge is 0.115 e. The molecule has 4 aliphatic rings. The molecule has 0 heterocycles. The fourth-order valence-electron chi connectivity index (χ4n) is 7.57. The van der Waals surface area contributed by atoms with Crippen molar-refractivity contribution in [2.45, 2.75) is 75.9 Å². The predicted molar refractivity (Wildman–Crippen MR) is 91.9 cm³/mol. The monoisotopic (exact) mass is 328 g/mol. The highest BCUT2D eigenvalue weighted by molar-refractivity contribution is 5.41. The topological polar surface area (TPSA) is 60.7 Å². The van der Waals surface area contributed by atoms with Gasteiger partial charge in [0.1, 0.15) is 5.75 Å². The number of aliphatic hydroxyl groups is 2. The molecule has 0 spiro atoms. The Labute approximate surface area is 143 Å². The third-order valence-corrected chi connectivity index (χ3v) is 8.69. The van der Waals surface area contributed by atoms with Gasteiger partial charge in [-0.15, -0.1) is 0 Å². The van der Waals surface area contributed by atoms with Crippen LogP contribution in [0.3, 0.4) is 0 Å². The Bertz CT molecular complexity index is 700. The molecule has 0 radical (unpaired) electrons. The number of hydrogen-bond donors (Lipinski definition) is 3. The van der Waals surface area contributed by atoms with Gasteiger partial charge in [0.05, 0.1) is 11.7 Å². The average molecular weight is 328 g/mol. The first-order valence-electron chi connectivity index (χ1n) is 9.61. The van der Waals surface area contributed by atoms with Gasteiger partial charge in [-0.1, -0.05) is 13.0 Å². The zero-order chi connectivity index (χ0) is 16.7. The highest BCUT2D eigenvalue weighted by Gasteiger charge is 2.72. The Hall–Kier alpha value is -1.06. The van der Waals surface area contributed by atoms with Gasteiger partial charge in [-0.3, -0.25) is 0 Å². The number of phenols is 1. The van der Waals surface area contributed by atoms with Crippen molar-refractivity contribution in [2.75, 3.05) is 0 Å². The van der Waals surface area contributed by atoms with Crippen LogP contribution in [0.4, 0.5) is 0 Å². The van der Waals surface area contributed by atoms with E-state index in [1.807, 2.05) is 12.1 Å². The van der Waals surface area contributed by atoms with Crippen molar-refractivity contribution in [2.24, 2.45) is 16.7 Å². The minimum absolute atomic E-state index is 0.0468. The van der Waals surface area contributed by atoms with Crippen molar-refractivity contribution in [1.82, 2.24) is 0 Å². The lowest BCUT2D eigenvalue weighted by Crippen LogP contribution is -2.62. The van der Waals surface area contributed by atoms with E-state index in [4.69, 9.17) is 0 Å². The fraction of sp³-hybridized carbons (Fsp3) is 0.714. The van der Waals surface area contributed by atoms with Crippen molar-refractivity contribution >= 4 is 0 Å². The summed E-state index contributed by atoms with van der Waals surface area (Å²) in [6.07, 6.45) is 7.30. The molecule has 0 aromatic heterocycles. The molecular weight excluding hydrogens is 300 g/mol. The van der Waals surface area contributed by atoms with E-state index in [9.17, 15) is 15.3 Å². The van der Waals surface area contributed by atoms with Crippen molar-refractivity contribution in [3.05, 3.63) is 29.3 Å².